The van der Waals surface area contributed by atoms with Gasteiger partial charge in [0.1, 0.15) is 3.70 Å². The summed E-state index contributed by atoms with van der Waals surface area (Å²) in [5.74, 6) is -0.302. The molecule has 1 aromatic heterocycles. The maximum atomic E-state index is 12.0. The summed E-state index contributed by atoms with van der Waals surface area (Å²) < 4.78 is 40.3. The Balaban J connectivity index is 3.11. The van der Waals surface area contributed by atoms with Gasteiger partial charge < -0.3 is 10.5 Å². The molecule has 7 heteroatoms. The molecule has 0 aliphatic carbocycles. The molecule has 0 amide bonds. The van der Waals surface area contributed by atoms with E-state index in [4.69, 9.17) is 5.73 Å². The second-order valence-electron chi connectivity index (χ2n) is 2.77. The summed E-state index contributed by atoms with van der Waals surface area (Å²) in [5.41, 5.74) is 6.34. The zero-order valence-electron chi connectivity index (χ0n) is 7.73. The van der Waals surface area contributed by atoms with Crippen LogP contribution < -0.4 is 10.5 Å². The molecule has 15 heavy (non-hydrogen) atoms. The maximum absolute atomic E-state index is 12.0. The van der Waals surface area contributed by atoms with Gasteiger partial charge in [0.05, 0.1) is 6.20 Å². The zero-order chi connectivity index (χ0) is 11.6. The molecule has 2 N–H and O–H groups in total. The van der Waals surface area contributed by atoms with Gasteiger partial charge in [0, 0.05) is 17.7 Å². The van der Waals surface area contributed by atoms with Crippen molar-refractivity contribution in [3.05, 3.63) is 21.0 Å². The number of nitrogens with zero attached hydrogens (tertiary/aromatic N) is 1. The van der Waals surface area contributed by atoms with Crippen molar-refractivity contribution in [3.63, 3.8) is 0 Å². The lowest BCUT2D eigenvalue weighted by atomic mass is 10.1. The molecule has 1 aromatic rings. The summed E-state index contributed by atoms with van der Waals surface area (Å²) in [4.78, 5) is 3.78. The van der Waals surface area contributed by atoms with Crippen LogP contribution in [0.15, 0.2) is 6.20 Å². The molecule has 0 spiro atoms. The summed E-state index contributed by atoms with van der Waals surface area (Å²) in [7, 11) is 0. The summed E-state index contributed by atoms with van der Waals surface area (Å²) >= 11 is 1.91. The van der Waals surface area contributed by atoms with Crippen LogP contribution in [0.3, 0.4) is 0 Å². The first kappa shape index (κ1) is 12.5. The standard InChI is InChI=1S/C8H8F3IN2O/c1-4-5(2-13)7(12)14-3-6(4)15-8(9,10)11/h3H,2,13H2,1H3. The highest BCUT2D eigenvalue weighted by atomic mass is 127. The third kappa shape index (κ3) is 3.20. The third-order valence-electron chi connectivity index (χ3n) is 1.80. The van der Waals surface area contributed by atoms with Crippen LogP contribution in [0.25, 0.3) is 0 Å². The molecule has 84 valence electrons. The Labute approximate surface area is 98.0 Å². The minimum Gasteiger partial charge on any atom is -0.404 e. The predicted octanol–water partition coefficient (Wildman–Crippen LogP) is 2.35. The van der Waals surface area contributed by atoms with Crippen molar-refractivity contribution >= 4 is 22.6 Å². The van der Waals surface area contributed by atoms with Crippen molar-refractivity contribution in [2.45, 2.75) is 19.8 Å². The average molecular weight is 332 g/mol. The first-order valence-electron chi connectivity index (χ1n) is 3.95. The van der Waals surface area contributed by atoms with Gasteiger partial charge in [-0.2, -0.15) is 0 Å². The van der Waals surface area contributed by atoms with Crippen molar-refractivity contribution < 1.29 is 17.9 Å². The Morgan fingerprint density at radius 3 is 2.60 bits per heavy atom. The number of pyridine rings is 1. The Bertz CT molecular complexity index is 368. The monoisotopic (exact) mass is 332 g/mol. The summed E-state index contributed by atoms with van der Waals surface area (Å²) in [5, 5.41) is 0. The van der Waals surface area contributed by atoms with Crippen molar-refractivity contribution in [2.24, 2.45) is 5.73 Å². The van der Waals surface area contributed by atoms with Crippen molar-refractivity contribution in [1.82, 2.24) is 4.98 Å². The Morgan fingerprint density at radius 1 is 1.53 bits per heavy atom. The van der Waals surface area contributed by atoms with E-state index in [0.29, 0.717) is 14.8 Å². The van der Waals surface area contributed by atoms with E-state index in [-0.39, 0.29) is 12.3 Å². The lowest BCUT2D eigenvalue weighted by Crippen LogP contribution is -2.19. The molecular weight excluding hydrogens is 324 g/mol. The van der Waals surface area contributed by atoms with Crippen LogP contribution in [0.5, 0.6) is 5.75 Å². The first-order chi connectivity index (χ1) is 6.85. The number of halogens is 4. The maximum Gasteiger partial charge on any atom is 0.573 e. The van der Waals surface area contributed by atoms with E-state index in [0.717, 1.165) is 6.20 Å². The molecule has 0 bridgehead atoms. The Hall–Kier alpha value is -0.570. The van der Waals surface area contributed by atoms with Crippen LogP contribution in [0.2, 0.25) is 0 Å². The van der Waals surface area contributed by atoms with E-state index in [1.54, 1.807) is 0 Å². The van der Waals surface area contributed by atoms with Gasteiger partial charge in [-0.05, 0) is 29.5 Å². The first-order valence-corrected chi connectivity index (χ1v) is 5.03. The molecule has 0 fully saturated rings. The minimum atomic E-state index is -4.70. The number of aromatic nitrogens is 1. The van der Waals surface area contributed by atoms with Crippen LogP contribution >= 0.6 is 22.6 Å². The fourth-order valence-corrected chi connectivity index (χ4v) is 1.82. The quantitative estimate of drug-likeness (QED) is 0.668. The summed E-state index contributed by atoms with van der Waals surface area (Å²) in [6, 6.07) is 0. The Kier molecular flexibility index (Phi) is 3.77. The van der Waals surface area contributed by atoms with Crippen LogP contribution in [-0.4, -0.2) is 11.3 Å². The van der Waals surface area contributed by atoms with E-state index in [1.165, 1.54) is 6.92 Å². The molecule has 0 aromatic carbocycles. The minimum absolute atomic E-state index is 0.131. The van der Waals surface area contributed by atoms with Crippen molar-refractivity contribution in [3.8, 4) is 5.75 Å². The Morgan fingerprint density at radius 2 is 2.13 bits per heavy atom. The van der Waals surface area contributed by atoms with Gasteiger partial charge in [-0.1, -0.05) is 0 Å². The van der Waals surface area contributed by atoms with Crippen LogP contribution in [0.4, 0.5) is 13.2 Å². The van der Waals surface area contributed by atoms with Gasteiger partial charge in [-0.25, -0.2) is 4.98 Å². The number of ether oxygens (including phenoxy) is 1. The molecule has 0 aliphatic rings. The molecule has 1 rings (SSSR count). The zero-order valence-corrected chi connectivity index (χ0v) is 9.89. The highest BCUT2D eigenvalue weighted by molar-refractivity contribution is 14.1. The fourth-order valence-electron chi connectivity index (χ4n) is 1.06. The van der Waals surface area contributed by atoms with Gasteiger partial charge in [0.15, 0.2) is 5.75 Å². The van der Waals surface area contributed by atoms with E-state index in [9.17, 15) is 13.2 Å². The van der Waals surface area contributed by atoms with Gasteiger partial charge in [-0.15, -0.1) is 13.2 Å². The van der Waals surface area contributed by atoms with Crippen molar-refractivity contribution in [1.29, 1.82) is 0 Å². The summed E-state index contributed by atoms with van der Waals surface area (Å²) in [6.45, 7) is 1.65. The SMILES string of the molecule is Cc1c(OC(F)(F)F)cnc(I)c1CN. The van der Waals surface area contributed by atoms with Gasteiger partial charge in [-0.3, -0.25) is 0 Å². The second-order valence-corrected chi connectivity index (χ2v) is 3.79. The largest absolute Gasteiger partial charge is 0.573 e. The normalized spacial score (nSPS) is 11.6. The highest BCUT2D eigenvalue weighted by Gasteiger charge is 2.32. The topological polar surface area (TPSA) is 48.1 Å². The second kappa shape index (κ2) is 4.52. The number of rotatable bonds is 2. The molecule has 3 nitrogen and oxygen atoms in total. The van der Waals surface area contributed by atoms with Gasteiger partial charge in [0.25, 0.3) is 0 Å². The number of hydrogen-bond acceptors (Lipinski definition) is 3. The lowest BCUT2D eigenvalue weighted by Gasteiger charge is -2.13. The highest BCUT2D eigenvalue weighted by Crippen LogP contribution is 2.28. The average Bonchev–Trinajstić information content (AvgIpc) is 2.09. The summed E-state index contributed by atoms with van der Waals surface area (Å²) in [6.07, 6.45) is -3.66. The number of nitrogens with two attached hydrogens (primary N) is 1. The van der Waals surface area contributed by atoms with E-state index >= 15 is 0 Å². The number of hydrogen-bond donors (Lipinski definition) is 1. The van der Waals surface area contributed by atoms with Crippen LogP contribution in [-0.2, 0) is 6.54 Å². The molecule has 0 aliphatic heterocycles. The van der Waals surface area contributed by atoms with Gasteiger partial charge >= 0.3 is 6.36 Å². The molecule has 0 unspecified atom stereocenters. The molecule has 1 heterocycles. The third-order valence-corrected chi connectivity index (χ3v) is 2.73. The fraction of sp³-hybridized carbons (Fsp3) is 0.375. The van der Waals surface area contributed by atoms with E-state index < -0.39 is 6.36 Å². The lowest BCUT2D eigenvalue weighted by molar-refractivity contribution is -0.275. The van der Waals surface area contributed by atoms with Crippen LogP contribution in [0, 0.1) is 10.6 Å². The number of alkyl halides is 3. The predicted molar refractivity (Wildman–Crippen MR) is 56.3 cm³/mol. The molecule has 0 radical (unpaired) electrons. The van der Waals surface area contributed by atoms with Crippen molar-refractivity contribution in [2.75, 3.05) is 0 Å². The molecule has 0 saturated carbocycles. The molecule has 0 saturated heterocycles. The van der Waals surface area contributed by atoms with Crippen LogP contribution in [0.1, 0.15) is 11.1 Å². The van der Waals surface area contributed by atoms with E-state index in [2.05, 4.69) is 9.72 Å². The smallest absolute Gasteiger partial charge is 0.404 e. The molecule has 0 atom stereocenters. The van der Waals surface area contributed by atoms with Gasteiger partial charge in [0.2, 0.25) is 0 Å². The van der Waals surface area contributed by atoms with E-state index in [1.807, 2.05) is 22.6 Å². The molecular formula is C8H8F3IN2O.